The highest BCUT2D eigenvalue weighted by atomic mass is 32.1. The summed E-state index contributed by atoms with van der Waals surface area (Å²) in [4.78, 5) is 14.4. The first-order valence-corrected chi connectivity index (χ1v) is 7.42. The molecule has 2 N–H and O–H groups in total. The summed E-state index contributed by atoms with van der Waals surface area (Å²) in [5, 5.41) is 6.46. The lowest BCUT2D eigenvalue weighted by Gasteiger charge is -2.33. The monoisotopic (exact) mass is 291 g/mol. The maximum absolute atomic E-state index is 12.5. The molecule has 0 bridgehead atoms. The van der Waals surface area contributed by atoms with Gasteiger partial charge in [0, 0.05) is 30.9 Å². The number of hydrogen-bond acceptors (Lipinski definition) is 2. The number of amides is 1. The zero-order valence-corrected chi connectivity index (χ0v) is 12.8. The van der Waals surface area contributed by atoms with Gasteiger partial charge in [0.25, 0.3) is 5.91 Å². The van der Waals surface area contributed by atoms with Crippen LogP contribution in [0.5, 0.6) is 0 Å². The Morgan fingerprint density at radius 1 is 1.30 bits per heavy atom. The third-order valence-corrected chi connectivity index (χ3v) is 3.99. The third kappa shape index (κ3) is 3.48. The van der Waals surface area contributed by atoms with E-state index in [0.717, 1.165) is 30.6 Å². The summed E-state index contributed by atoms with van der Waals surface area (Å²) in [5.41, 5.74) is 1.62. The zero-order valence-electron chi connectivity index (χ0n) is 12.0. The van der Waals surface area contributed by atoms with Crippen LogP contribution in [-0.2, 0) is 0 Å². The summed E-state index contributed by atoms with van der Waals surface area (Å²) in [6, 6.07) is 7.80. The summed E-state index contributed by atoms with van der Waals surface area (Å²) in [7, 11) is 1.77. The molecule has 1 amide bonds. The molecule has 108 valence electrons. The summed E-state index contributed by atoms with van der Waals surface area (Å²) < 4.78 is 0. The molecular weight excluding hydrogens is 270 g/mol. The van der Waals surface area contributed by atoms with Crippen molar-refractivity contribution in [1.29, 1.82) is 0 Å². The topological polar surface area (TPSA) is 44.4 Å². The van der Waals surface area contributed by atoms with Crippen molar-refractivity contribution in [1.82, 2.24) is 10.2 Å². The zero-order chi connectivity index (χ0) is 14.5. The lowest BCUT2D eigenvalue weighted by atomic mass is 10.0. The molecule has 0 radical (unpaired) electrons. The predicted molar refractivity (Wildman–Crippen MR) is 86.1 cm³/mol. The van der Waals surface area contributed by atoms with Crippen LogP contribution in [0.25, 0.3) is 0 Å². The quantitative estimate of drug-likeness (QED) is 0.822. The smallest absolute Gasteiger partial charge is 0.254 e. The van der Waals surface area contributed by atoms with Gasteiger partial charge in [-0.3, -0.25) is 4.79 Å². The second-order valence-corrected chi connectivity index (χ2v) is 5.53. The van der Waals surface area contributed by atoms with Crippen molar-refractivity contribution >= 4 is 28.9 Å². The summed E-state index contributed by atoms with van der Waals surface area (Å²) in [5.74, 6) is 0.125. The van der Waals surface area contributed by atoms with Crippen LogP contribution in [0.1, 0.15) is 36.5 Å². The molecule has 0 aliphatic carbocycles. The van der Waals surface area contributed by atoms with E-state index in [1.165, 1.54) is 6.42 Å². The number of anilines is 1. The molecule has 1 saturated heterocycles. The van der Waals surface area contributed by atoms with Crippen molar-refractivity contribution < 1.29 is 4.79 Å². The number of carbonyl (C=O) groups is 1. The van der Waals surface area contributed by atoms with Gasteiger partial charge in [0.15, 0.2) is 5.11 Å². The van der Waals surface area contributed by atoms with Gasteiger partial charge in [-0.25, -0.2) is 0 Å². The molecule has 1 atom stereocenters. The molecule has 5 heteroatoms. The Morgan fingerprint density at radius 3 is 2.60 bits per heavy atom. The number of piperidine rings is 1. The Morgan fingerprint density at radius 2 is 2.00 bits per heavy atom. The number of thiocarbonyl (C=S) groups is 1. The van der Waals surface area contributed by atoms with Gasteiger partial charge >= 0.3 is 0 Å². The van der Waals surface area contributed by atoms with Crippen LogP contribution in [-0.4, -0.2) is 35.6 Å². The molecular formula is C15H21N3OS. The van der Waals surface area contributed by atoms with Gasteiger partial charge in [0.1, 0.15) is 0 Å². The molecule has 1 aliphatic heterocycles. The molecule has 2 rings (SSSR count). The molecule has 1 aliphatic rings. The Balaban J connectivity index is 2.05. The van der Waals surface area contributed by atoms with E-state index in [9.17, 15) is 4.79 Å². The van der Waals surface area contributed by atoms with Crippen LogP contribution < -0.4 is 10.6 Å². The second kappa shape index (κ2) is 6.70. The Hall–Kier alpha value is -1.62. The van der Waals surface area contributed by atoms with Gasteiger partial charge in [-0.15, -0.1) is 0 Å². The molecule has 0 unspecified atom stereocenters. The van der Waals surface area contributed by atoms with E-state index in [2.05, 4.69) is 17.6 Å². The largest absolute Gasteiger partial charge is 0.366 e. The van der Waals surface area contributed by atoms with Crippen molar-refractivity contribution in [2.75, 3.05) is 18.9 Å². The van der Waals surface area contributed by atoms with Crippen molar-refractivity contribution in [2.24, 2.45) is 0 Å². The van der Waals surface area contributed by atoms with Crippen LogP contribution in [0.2, 0.25) is 0 Å². The van der Waals surface area contributed by atoms with Crippen molar-refractivity contribution in [3.05, 3.63) is 29.8 Å². The fourth-order valence-electron chi connectivity index (χ4n) is 2.46. The molecule has 1 fully saturated rings. The second-order valence-electron chi connectivity index (χ2n) is 5.12. The van der Waals surface area contributed by atoms with E-state index < -0.39 is 0 Å². The maximum atomic E-state index is 12.5. The van der Waals surface area contributed by atoms with Gasteiger partial charge in [-0.1, -0.05) is 0 Å². The maximum Gasteiger partial charge on any atom is 0.254 e. The molecule has 1 aromatic rings. The number of rotatable bonds is 2. The minimum Gasteiger partial charge on any atom is -0.366 e. The summed E-state index contributed by atoms with van der Waals surface area (Å²) in [6.07, 6.45) is 3.42. The van der Waals surface area contributed by atoms with E-state index in [1.807, 2.05) is 29.2 Å². The van der Waals surface area contributed by atoms with Gasteiger partial charge in [0.2, 0.25) is 0 Å². The van der Waals surface area contributed by atoms with Crippen LogP contribution in [0, 0.1) is 0 Å². The van der Waals surface area contributed by atoms with Crippen LogP contribution in [0.15, 0.2) is 24.3 Å². The third-order valence-electron chi connectivity index (χ3n) is 3.68. The van der Waals surface area contributed by atoms with E-state index in [-0.39, 0.29) is 5.91 Å². The highest BCUT2D eigenvalue weighted by Crippen LogP contribution is 2.20. The molecule has 1 heterocycles. The van der Waals surface area contributed by atoms with Crippen molar-refractivity contribution in [2.45, 2.75) is 32.2 Å². The number of nitrogens with zero attached hydrogens (tertiary/aromatic N) is 1. The Labute approximate surface area is 125 Å². The number of nitrogens with one attached hydrogen (secondary N) is 2. The highest BCUT2D eigenvalue weighted by molar-refractivity contribution is 7.80. The Bertz CT molecular complexity index is 486. The van der Waals surface area contributed by atoms with Gasteiger partial charge in [-0.05, 0) is 62.7 Å². The fraction of sp³-hybridized carbons (Fsp3) is 0.467. The first-order chi connectivity index (χ1) is 9.61. The number of likely N-dealkylation sites (tertiary alicyclic amines) is 1. The Kier molecular flexibility index (Phi) is 4.95. The highest BCUT2D eigenvalue weighted by Gasteiger charge is 2.23. The average molecular weight is 291 g/mol. The minimum atomic E-state index is 0.125. The normalized spacial score (nSPS) is 18.5. The molecule has 0 aromatic heterocycles. The van der Waals surface area contributed by atoms with Crippen molar-refractivity contribution in [3.8, 4) is 0 Å². The first kappa shape index (κ1) is 14.8. The molecule has 0 spiro atoms. The van der Waals surface area contributed by atoms with Crippen LogP contribution >= 0.6 is 12.2 Å². The molecule has 1 aromatic carbocycles. The lowest BCUT2D eigenvalue weighted by molar-refractivity contribution is 0.0635. The van der Waals surface area contributed by atoms with E-state index in [1.54, 1.807) is 7.05 Å². The van der Waals surface area contributed by atoms with Crippen LogP contribution in [0.3, 0.4) is 0 Å². The number of benzene rings is 1. The van der Waals surface area contributed by atoms with E-state index >= 15 is 0 Å². The fourth-order valence-corrected chi connectivity index (χ4v) is 2.57. The molecule has 4 nitrogen and oxygen atoms in total. The standard InChI is InChI=1S/C15H21N3OS/c1-11-5-3-4-10-18(11)14(19)12-6-8-13(9-7-12)17-15(20)16-2/h6-9,11H,3-5,10H2,1-2H3,(H2,16,17,20)/t11-/m1/s1. The average Bonchev–Trinajstić information content (AvgIpc) is 2.47. The lowest BCUT2D eigenvalue weighted by Crippen LogP contribution is -2.42. The van der Waals surface area contributed by atoms with Crippen molar-refractivity contribution in [3.63, 3.8) is 0 Å². The molecule has 0 saturated carbocycles. The predicted octanol–water partition coefficient (Wildman–Crippen LogP) is 2.62. The number of carbonyl (C=O) groups excluding carboxylic acids is 1. The summed E-state index contributed by atoms with van der Waals surface area (Å²) >= 11 is 5.04. The minimum absolute atomic E-state index is 0.125. The van der Waals surface area contributed by atoms with E-state index in [4.69, 9.17) is 12.2 Å². The summed E-state index contributed by atoms with van der Waals surface area (Å²) in [6.45, 7) is 2.99. The SMILES string of the molecule is CNC(=S)Nc1ccc(C(=O)N2CCCC[C@H]2C)cc1. The van der Waals surface area contributed by atoms with E-state index in [0.29, 0.717) is 11.2 Å². The van der Waals surface area contributed by atoms with Gasteiger partial charge in [0.05, 0.1) is 0 Å². The molecule has 20 heavy (non-hydrogen) atoms. The van der Waals surface area contributed by atoms with Gasteiger partial charge < -0.3 is 15.5 Å². The number of hydrogen-bond donors (Lipinski definition) is 2. The van der Waals surface area contributed by atoms with Gasteiger partial charge in [-0.2, -0.15) is 0 Å². The first-order valence-electron chi connectivity index (χ1n) is 7.01. The van der Waals surface area contributed by atoms with Crippen LogP contribution in [0.4, 0.5) is 5.69 Å².